The first-order valence-electron chi connectivity index (χ1n) is 11.8. The molecule has 0 saturated carbocycles. The zero-order valence-corrected chi connectivity index (χ0v) is 19.2. The molecule has 2 heterocycles. The summed E-state index contributed by atoms with van der Waals surface area (Å²) >= 11 is 0. The first-order valence-corrected chi connectivity index (χ1v) is 11.8. The molecule has 34 heavy (non-hydrogen) atoms. The van der Waals surface area contributed by atoms with Crippen LogP contribution in [0.5, 0.6) is 0 Å². The number of para-hydroxylation sites is 1. The average molecular weight is 458 g/mol. The second kappa shape index (κ2) is 11.8. The van der Waals surface area contributed by atoms with E-state index in [4.69, 9.17) is 0 Å². The lowest BCUT2D eigenvalue weighted by Gasteiger charge is -2.33. The third-order valence-electron chi connectivity index (χ3n) is 6.14. The number of amides is 3. The molecule has 2 aromatic carbocycles. The molecule has 7 nitrogen and oxygen atoms in total. The second-order valence-electron chi connectivity index (χ2n) is 8.59. The lowest BCUT2D eigenvalue weighted by Crippen LogP contribution is -2.50. The molecule has 0 aliphatic carbocycles. The van der Waals surface area contributed by atoms with Gasteiger partial charge >= 0.3 is 6.03 Å². The van der Waals surface area contributed by atoms with E-state index >= 15 is 0 Å². The molecule has 0 spiro atoms. The van der Waals surface area contributed by atoms with Crippen LogP contribution in [0.4, 0.5) is 16.2 Å². The topological polar surface area (TPSA) is 86.4 Å². The molecule has 3 amide bonds. The third kappa shape index (κ3) is 6.81. The van der Waals surface area contributed by atoms with Gasteiger partial charge in [-0.15, -0.1) is 0 Å². The van der Waals surface area contributed by atoms with Crippen LogP contribution in [-0.4, -0.2) is 42.6 Å². The lowest BCUT2D eigenvalue weighted by atomic mass is 9.96. The molecule has 0 bridgehead atoms. The number of hydrogen-bond donors (Lipinski definition) is 3. The summed E-state index contributed by atoms with van der Waals surface area (Å²) in [5.41, 5.74) is 2.86. The Morgan fingerprint density at radius 2 is 1.56 bits per heavy atom. The highest BCUT2D eigenvalue weighted by atomic mass is 16.2. The Morgan fingerprint density at radius 3 is 2.24 bits per heavy atom. The Hall–Kier alpha value is -3.87. The van der Waals surface area contributed by atoms with Crippen molar-refractivity contribution in [3.8, 4) is 0 Å². The number of aromatic nitrogens is 1. The fourth-order valence-corrected chi connectivity index (χ4v) is 4.22. The highest BCUT2D eigenvalue weighted by molar-refractivity contribution is 5.93. The monoisotopic (exact) mass is 457 g/mol. The molecule has 1 aliphatic heterocycles. The fourth-order valence-electron chi connectivity index (χ4n) is 4.22. The third-order valence-corrected chi connectivity index (χ3v) is 6.14. The normalized spacial score (nSPS) is 14.8. The predicted molar refractivity (Wildman–Crippen MR) is 135 cm³/mol. The van der Waals surface area contributed by atoms with Gasteiger partial charge in [-0.25, -0.2) is 4.79 Å². The summed E-state index contributed by atoms with van der Waals surface area (Å²) in [7, 11) is 0. The quantitative estimate of drug-likeness (QED) is 0.480. The number of anilines is 2. The maximum Gasteiger partial charge on any atom is 0.319 e. The molecular formula is C27H31N5O2. The van der Waals surface area contributed by atoms with Gasteiger partial charge in [-0.2, -0.15) is 0 Å². The van der Waals surface area contributed by atoms with Gasteiger partial charge in [0.25, 0.3) is 0 Å². The molecule has 3 aromatic rings. The van der Waals surface area contributed by atoms with Gasteiger partial charge in [-0.3, -0.25) is 9.78 Å². The van der Waals surface area contributed by atoms with Crippen molar-refractivity contribution in [3.05, 3.63) is 90.8 Å². The van der Waals surface area contributed by atoms with E-state index in [-0.39, 0.29) is 5.91 Å². The van der Waals surface area contributed by atoms with Crippen LogP contribution in [0.15, 0.2) is 85.2 Å². The van der Waals surface area contributed by atoms with Crippen molar-refractivity contribution in [1.29, 1.82) is 0 Å². The molecular weight excluding hydrogens is 426 g/mol. The largest absolute Gasteiger partial charge is 0.371 e. The van der Waals surface area contributed by atoms with E-state index in [0.29, 0.717) is 24.6 Å². The number of carbonyl (C=O) groups excluding carboxylic acids is 2. The summed E-state index contributed by atoms with van der Waals surface area (Å²) in [5, 5.41) is 8.74. The number of urea groups is 1. The Morgan fingerprint density at radius 1 is 0.912 bits per heavy atom. The maximum atomic E-state index is 13.1. The smallest absolute Gasteiger partial charge is 0.319 e. The van der Waals surface area contributed by atoms with Crippen LogP contribution >= 0.6 is 0 Å². The van der Waals surface area contributed by atoms with Crippen LogP contribution in [0, 0.1) is 5.92 Å². The molecule has 1 aromatic heterocycles. The van der Waals surface area contributed by atoms with Gasteiger partial charge in [0.1, 0.15) is 6.04 Å². The Balaban J connectivity index is 1.31. The van der Waals surface area contributed by atoms with Gasteiger partial charge in [0.05, 0.1) is 0 Å². The molecule has 4 rings (SSSR count). The average Bonchev–Trinajstić information content (AvgIpc) is 2.89. The Bertz CT molecular complexity index is 1040. The van der Waals surface area contributed by atoms with E-state index in [1.807, 2.05) is 85.2 Å². The number of carbonyl (C=O) groups is 2. The number of pyridine rings is 1. The van der Waals surface area contributed by atoms with Gasteiger partial charge in [-0.05, 0) is 48.6 Å². The summed E-state index contributed by atoms with van der Waals surface area (Å²) in [4.78, 5) is 32.1. The minimum atomic E-state index is -0.664. The summed E-state index contributed by atoms with van der Waals surface area (Å²) in [6.45, 7) is 2.52. The van der Waals surface area contributed by atoms with Crippen LogP contribution in [0.25, 0.3) is 0 Å². The SMILES string of the molecule is O=C(Nc1ccccc1)N[C@@H](Cc1ccccc1)C(=O)NCC1CCN(c2ccncc2)CC1. The van der Waals surface area contributed by atoms with Crippen molar-refractivity contribution in [1.82, 2.24) is 15.6 Å². The molecule has 1 atom stereocenters. The Labute approximate surface area is 200 Å². The van der Waals surface area contributed by atoms with Crippen molar-refractivity contribution in [2.45, 2.75) is 25.3 Å². The van der Waals surface area contributed by atoms with E-state index in [1.54, 1.807) is 0 Å². The predicted octanol–water partition coefficient (Wildman–Crippen LogP) is 3.85. The van der Waals surface area contributed by atoms with Gasteiger partial charge in [0, 0.05) is 49.8 Å². The highest BCUT2D eigenvalue weighted by Crippen LogP contribution is 2.22. The van der Waals surface area contributed by atoms with Gasteiger partial charge in [0.15, 0.2) is 0 Å². The number of piperidine rings is 1. The van der Waals surface area contributed by atoms with Crippen molar-refractivity contribution in [2.75, 3.05) is 29.9 Å². The fraction of sp³-hybridized carbons (Fsp3) is 0.296. The van der Waals surface area contributed by atoms with Crippen molar-refractivity contribution in [2.24, 2.45) is 5.92 Å². The molecule has 176 valence electrons. The van der Waals surface area contributed by atoms with E-state index < -0.39 is 12.1 Å². The van der Waals surface area contributed by atoms with Crippen LogP contribution in [-0.2, 0) is 11.2 Å². The van der Waals surface area contributed by atoms with E-state index in [2.05, 4.69) is 25.8 Å². The molecule has 1 saturated heterocycles. The molecule has 3 N–H and O–H groups in total. The highest BCUT2D eigenvalue weighted by Gasteiger charge is 2.24. The van der Waals surface area contributed by atoms with Crippen LogP contribution < -0.4 is 20.9 Å². The van der Waals surface area contributed by atoms with Crippen molar-refractivity contribution in [3.63, 3.8) is 0 Å². The zero-order valence-electron chi connectivity index (χ0n) is 19.2. The minimum Gasteiger partial charge on any atom is -0.371 e. The maximum absolute atomic E-state index is 13.1. The first-order chi connectivity index (χ1) is 16.7. The van der Waals surface area contributed by atoms with Gasteiger partial charge in [0.2, 0.25) is 5.91 Å². The standard InChI is InChI=1S/C27H31N5O2/c33-26(29-20-22-13-17-32(18-14-22)24-11-15-28-16-12-24)25(19-21-7-3-1-4-8-21)31-27(34)30-23-9-5-2-6-10-23/h1-12,15-16,22,25H,13-14,17-20H2,(H,29,33)(H2,30,31,34)/t25-/m0/s1. The summed E-state index contributed by atoms with van der Waals surface area (Å²) in [6, 6.07) is 21.9. The van der Waals surface area contributed by atoms with Gasteiger partial charge < -0.3 is 20.9 Å². The van der Waals surface area contributed by atoms with E-state index in [0.717, 1.165) is 31.5 Å². The molecule has 7 heteroatoms. The first kappa shape index (κ1) is 23.3. The second-order valence-corrected chi connectivity index (χ2v) is 8.59. The van der Waals surface area contributed by atoms with E-state index in [9.17, 15) is 9.59 Å². The Kier molecular flexibility index (Phi) is 8.11. The molecule has 1 aliphatic rings. The van der Waals surface area contributed by atoms with Crippen LogP contribution in [0.1, 0.15) is 18.4 Å². The summed E-state index contributed by atoms with van der Waals surface area (Å²) in [5.74, 6) is 0.251. The van der Waals surface area contributed by atoms with Crippen LogP contribution in [0.2, 0.25) is 0 Å². The lowest BCUT2D eigenvalue weighted by molar-refractivity contribution is -0.123. The number of rotatable bonds is 8. The molecule has 0 radical (unpaired) electrons. The number of nitrogens with one attached hydrogen (secondary N) is 3. The molecule has 0 unspecified atom stereocenters. The van der Waals surface area contributed by atoms with Crippen LogP contribution in [0.3, 0.4) is 0 Å². The number of nitrogens with zero attached hydrogens (tertiary/aromatic N) is 2. The zero-order chi connectivity index (χ0) is 23.6. The number of benzene rings is 2. The van der Waals surface area contributed by atoms with Crippen molar-refractivity contribution >= 4 is 23.3 Å². The summed E-state index contributed by atoms with van der Waals surface area (Å²) in [6.07, 6.45) is 6.07. The summed E-state index contributed by atoms with van der Waals surface area (Å²) < 4.78 is 0. The number of hydrogen-bond acceptors (Lipinski definition) is 4. The van der Waals surface area contributed by atoms with Gasteiger partial charge in [-0.1, -0.05) is 48.5 Å². The minimum absolute atomic E-state index is 0.163. The molecule has 1 fully saturated rings. The van der Waals surface area contributed by atoms with E-state index in [1.165, 1.54) is 5.69 Å². The van der Waals surface area contributed by atoms with Crippen molar-refractivity contribution < 1.29 is 9.59 Å².